The van der Waals surface area contributed by atoms with E-state index in [2.05, 4.69) is 20.7 Å². The van der Waals surface area contributed by atoms with Gasteiger partial charge in [0.2, 0.25) is 0 Å². The molecule has 88 valence electrons. The van der Waals surface area contributed by atoms with Gasteiger partial charge in [-0.25, -0.2) is 4.79 Å². The molecule has 0 heterocycles. The van der Waals surface area contributed by atoms with Crippen LogP contribution in [-0.4, -0.2) is 19.2 Å². The number of rotatable bonds is 3. The molecular weight excluding hydrogens is 319 g/mol. The van der Waals surface area contributed by atoms with Crippen molar-refractivity contribution in [2.45, 2.75) is 13.0 Å². The summed E-state index contributed by atoms with van der Waals surface area (Å²) in [6.07, 6.45) is -0.736. The highest BCUT2D eigenvalue weighted by Crippen LogP contribution is 2.34. The van der Waals surface area contributed by atoms with E-state index in [1.165, 1.54) is 13.2 Å². The van der Waals surface area contributed by atoms with Crippen molar-refractivity contribution in [3.05, 3.63) is 26.7 Å². The molecule has 1 aromatic rings. The van der Waals surface area contributed by atoms with E-state index in [0.717, 1.165) is 0 Å². The van der Waals surface area contributed by atoms with Crippen LogP contribution in [0.1, 0.15) is 6.92 Å². The van der Waals surface area contributed by atoms with Gasteiger partial charge in [-0.3, -0.25) is 0 Å². The maximum Gasteiger partial charge on any atom is 0.346 e. The minimum atomic E-state index is -0.736. The van der Waals surface area contributed by atoms with Gasteiger partial charge in [0.15, 0.2) is 6.10 Å². The van der Waals surface area contributed by atoms with Gasteiger partial charge in [-0.05, 0) is 28.9 Å². The van der Waals surface area contributed by atoms with Crippen LogP contribution in [0.5, 0.6) is 5.75 Å². The van der Waals surface area contributed by atoms with Crippen molar-refractivity contribution in [2.75, 3.05) is 7.11 Å². The van der Waals surface area contributed by atoms with Crippen LogP contribution in [0.15, 0.2) is 16.6 Å². The number of carbonyl (C=O) groups is 1. The van der Waals surface area contributed by atoms with Crippen LogP contribution in [0.3, 0.4) is 0 Å². The second-order valence-electron chi connectivity index (χ2n) is 2.98. The van der Waals surface area contributed by atoms with Crippen molar-refractivity contribution in [1.29, 1.82) is 0 Å². The van der Waals surface area contributed by atoms with E-state index < -0.39 is 12.1 Å². The molecule has 6 heteroatoms. The Bertz CT molecular complexity index is 409. The third kappa shape index (κ3) is 3.27. The molecule has 0 bridgehead atoms. The maximum absolute atomic E-state index is 11.1. The molecule has 0 N–H and O–H groups in total. The topological polar surface area (TPSA) is 35.5 Å². The normalized spacial score (nSPS) is 12.1. The first-order chi connectivity index (χ1) is 7.45. The molecule has 3 nitrogen and oxygen atoms in total. The molecule has 1 atom stereocenters. The first kappa shape index (κ1) is 13.6. The van der Waals surface area contributed by atoms with Crippen molar-refractivity contribution in [3.63, 3.8) is 0 Å². The summed E-state index contributed by atoms with van der Waals surface area (Å²) < 4.78 is 10.5. The second kappa shape index (κ2) is 5.75. The van der Waals surface area contributed by atoms with Gasteiger partial charge in [0.1, 0.15) is 5.75 Å². The fourth-order valence-corrected chi connectivity index (χ4v) is 1.84. The summed E-state index contributed by atoms with van der Waals surface area (Å²) in [5, 5.41) is 0.823. The summed E-state index contributed by atoms with van der Waals surface area (Å²) in [6.45, 7) is 1.57. The lowest BCUT2D eigenvalue weighted by molar-refractivity contribution is -0.147. The van der Waals surface area contributed by atoms with Crippen LogP contribution in [0.25, 0.3) is 0 Å². The molecule has 0 spiro atoms. The van der Waals surface area contributed by atoms with Gasteiger partial charge in [0, 0.05) is 10.5 Å². The van der Waals surface area contributed by atoms with Gasteiger partial charge in [-0.15, -0.1) is 0 Å². The molecule has 0 aliphatic heterocycles. The molecule has 0 aliphatic rings. The average molecular weight is 328 g/mol. The smallest absolute Gasteiger partial charge is 0.346 e. The Morgan fingerprint density at radius 3 is 2.56 bits per heavy atom. The molecule has 0 amide bonds. The third-order valence-electron chi connectivity index (χ3n) is 1.81. The highest BCUT2D eigenvalue weighted by atomic mass is 79.9. The number of benzene rings is 1. The number of carbonyl (C=O) groups excluding carboxylic acids is 1. The molecule has 16 heavy (non-hydrogen) atoms. The van der Waals surface area contributed by atoms with Crippen LogP contribution in [0.2, 0.25) is 10.0 Å². The molecule has 0 saturated heterocycles. The van der Waals surface area contributed by atoms with Crippen LogP contribution >= 0.6 is 39.1 Å². The first-order valence-corrected chi connectivity index (χ1v) is 5.89. The van der Waals surface area contributed by atoms with Crippen LogP contribution in [-0.2, 0) is 9.53 Å². The molecule has 0 aromatic heterocycles. The fourth-order valence-electron chi connectivity index (χ4n) is 0.999. The average Bonchev–Trinajstić information content (AvgIpc) is 2.24. The van der Waals surface area contributed by atoms with Crippen molar-refractivity contribution in [2.24, 2.45) is 0 Å². The number of methoxy groups -OCH3 is 1. The Labute approximate surface area is 112 Å². The van der Waals surface area contributed by atoms with Crippen LogP contribution in [0.4, 0.5) is 0 Å². The van der Waals surface area contributed by atoms with Crippen LogP contribution in [0, 0.1) is 0 Å². The Hall–Kier alpha value is -0.450. The molecule has 0 saturated carbocycles. The number of hydrogen-bond donors (Lipinski definition) is 0. The number of halogens is 3. The zero-order valence-electron chi connectivity index (χ0n) is 8.59. The lowest BCUT2D eigenvalue weighted by atomic mass is 10.3. The van der Waals surface area contributed by atoms with E-state index in [1.54, 1.807) is 13.0 Å². The van der Waals surface area contributed by atoms with Gasteiger partial charge < -0.3 is 9.47 Å². The predicted molar refractivity (Wildman–Crippen MR) is 66.3 cm³/mol. The Kier molecular flexibility index (Phi) is 4.89. The number of ether oxygens (including phenoxy) is 2. The van der Waals surface area contributed by atoms with E-state index in [-0.39, 0.29) is 0 Å². The second-order valence-corrected chi connectivity index (χ2v) is 4.65. The third-order valence-corrected chi connectivity index (χ3v) is 3.30. The monoisotopic (exact) mass is 326 g/mol. The minimum absolute atomic E-state index is 0.341. The number of esters is 1. The summed E-state index contributed by atoms with van der Waals surface area (Å²) >= 11 is 15.0. The van der Waals surface area contributed by atoms with Gasteiger partial charge in [0.05, 0.1) is 17.2 Å². The van der Waals surface area contributed by atoms with Gasteiger partial charge in [0.25, 0.3) is 0 Å². The van der Waals surface area contributed by atoms with Gasteiger partial charge in [-0.1, -0.05) is 23.2 Å². The highest BCUT2D eigenvalue weighted by molar-refractivity contribution is 9.10. The Morgan fingerprint density at radius 1 is 1.38 bits per heavy atom. The van der Waals surface area contributed by atoms with E-state index >= 15 is 0 Å². The molecule has 0 fully saturated rings. The quantitative estimate of drug-likeness (QED) is 0.627. The summed E-state index contributed by atoms with van der Waals surface area (Å²) in [7, 11) is 1.29. The molecule has 0 radical (unpaired) electrons. The summed E-state index contributed by atoms with van der Waals surface area (Å²) in [6, 6.07) is 3.14. The van der Waals surface area contributed by atoms with E-state index in [1.807, 2.05) is 0 Å². The van der Waals surface area contributed by atoms with Crippen LogP contribution < -0.4 is 4.74 Å². The molecule has 1 aromatic carbocycles. The lowest BCUT2D eigenvalue weighted by Gasteiger charge is -2.14. The largest absolute Gasteiger partial charge is 0.477 e. The molecule has 1 unspecified atom stereocenters. The van der Waals surface area contributed by atoms with Gasteiger partial charge >= 0.3 is 5.97 Å². The number of hydrogen-bond acceptors (Lipinski definition) is 3. The molecule has 1 rings (SSSR count). The van der Waals surface area contributed by atoms with E-state index in [9.17, 15) is 4.79 Å². The standard InChI is InChI=1S/C10H9BrCl2O3/c1-5(10(14)15-2)16-9-4-7(12)6(11)3-8(9)13/h3-5H,1-2H3. The fraction of sp³-hybridized carbons (Fsp3) is 0.300. The molecule has 0 aliphatic carbocycles. The van der Waals surface area contributed by atoms with Crippen molar-refractivity contribution < 1.29 is 14.3 Å². The van der Waals surface area contributed by atoms with Crippen molar-refractivity contribution >= 4 is 45.1 Å². The molecular formula is C10H9BrCl2O3. The Morgan fingerprint density at radius 2 is 2.00 bits per heavy atom. The predicted octanol–water partition coefficient (Wildman–Crippen LogP) is 3.70. The van der Waals surface area contributed by atoms with E-state index in [4.69, 9.17) is 27.9 Å². The zero-order chi connectivity index (χ0) is 12.3. The van der Waals surface area contributed by atoms with Gasteiger partial charge in [-0.2, -0.15) is 0 Å². The minimum Gasteiger partial charge on any atom is -0.477 e. The lowest BCUT2D eigenvalue weighted by Crippen LogP contribution is -2.25. The Balaban J connectivity index is 2.89. The summed E-state index contributed by atoms with van der Waals surface area (Å²) in [4.78, 5) is 11.1. The first-order valence-electron chi connectivity index (χ1n) is 4.34. The maximum atomic E-state index is 11.1. The summed E-state index contributed by atoms with van der Waals surface area (Å²) in [5.41, 5.74) is 0. The van der Waals surface area contributed by atoms with Crippen molar-refractivity contribution in [3.8, 4) is 5.75 Å². The SMILES string of the molecule is COC(=O)C(C)Oc1cc(Cl)c(Br)cc1Cl. The van der Waals surface area contributed by atoms with E-state index in [0.29, 0.717) is 20.3 Å². The highest BCUT2D eigenvalue weighted by Gasteiger charge is 2.17. The van der Waals surface area contributed by atoms with Crippen molar-refractivity contribution in [1.82, 2.24) is 0 Å². The summed E-state index contributed by atoms with van der Waals surface area (Å²) in [5.74, 6) is -0.136. The zero-order valence-corrected chi connectivity index (χ0v) is 11.7.